The highest BCUT2D eigenvalue weighted by molar-refractivity contribution is 7.18. The standard InChI is InChI=1S/C21H27ClN2OS.C4H10.C2H3N.2CH3NO/c1-2-20(25)23-14-16(12-15-6-4-3-5-7-15)8-11-21-24-18-10-9-17(22)13-19(18)26-21;1-3-4-2;1-2-3;2*2-1-3/h2,9-10,13,15-16H,1,3-8,11-12,14H2,(H,23,25);3-4H2,1-2H3;1H3;2*1H,(H2,2,3). The van der Waals surface area contributed by atoms with Gasteiger partial charge in [-0.15, -0.1) is 11.3 Å². The van der Waals surface area contributed by atoms with Gasteiger partial charge in [0.2, 0.25) is 18.7 Å². The maximum absolute atomic E-state index is 11.6. The lowest BCUT2D eigenvalue weighted by molar-refractivity contribution is -0.116. The van der Waals surface area contributed by atoms with Crippen LogP contribution in [0.25, 0.3) is 10.2 Å². The van der Waals surface area contributed by atoms with E-state index in [-0.39, 0.29) is 18.7 Å². The third kappa shape index (κ3) is 20.6. The minimum absolute atomic E-state index is 0.0757. The smallest absolute Gasteiger partial charge is 0.243 e. The maximum Gasteiger partial charge on any atom is 0.243 e. The van der Waals surface area contributed by atoms with Crippen LogP contribution in [0.1, 0.15) is 83.6 Å². The number of benzene rings is 1. The molecule has 5 N–H and O–H groups in total. The number of rotatable bonds is 9. The highest BCUT2D eigenvalue weighted by atomic mass is 35.5. The average molecular weight is 580 g/mol. The van der Waals surface area contributed by atoms with E-state index in [1.54, 1.807) is 17.4 Å². The van der Waals surface area contributed by atoms with Crippen LogP contribution in [0.5, 0.6) is 0 Å². The third-order valence-corrected chi connectivity index (χ3v) is 7.12. The molecular formula is C29H46ClN5O3S. The summed E-state index contributed by atoms with van der Waals surface area (Å²) in [5.74, 6) is 1.23. The van der Waals surface area contributed by atoms with Crippen LogP contribution < -0.4 is 16.8 Å². The van der Waals surface area contributed by atoms with E-state index >= 15 is 0 Å². The Labute approximate surface area is 243 Å². The summed E-state index contributed by atoms with van der Waals surface area (Å²) in [6, 6.07) is 7.62. The van der Waals surface area contributed by atoms with E-state index in [0.29, 0.717) is 5.92 Å². The van der Waals surface area contributed by atoms with Crippen molar-refractivity contribution in [3.63, 3.8) is 0 Å². The lowest BCUT2D eigenvalue weighted by atomic mass is 9.81. The zero-order valence-corrected chi connectivity index (χ0v) is 25.2. The molecule has 1 saturated carbocycles. The van der Waals surface area contributed by atoms with Crippen molar-refractivity contribution in [3.8, 4) is 6.07 Å². The molecule has 1 aliphatic rings. The number of unbranched alkanes of at least 4 members (excludes halogenated alkanes) is 1. The van der Waals surface area contributed by atoms with E-state index in [1.807, 2.05) is 18.2 Å². The van der Waals surface area contributed by atoms with Gasteiger partial charge in [-0.3, -0.25) is 14.4 Å². The Morgan fingerprint density at radius 2 is 1.79 bits per heavy atom. The van der Waals surface area contributed by atoms with E-state index in [0.717, 1.165) is 45.6 Å². The number of nitrogens with zero attached hydrogens (tertiary/aromatic N) is 2. The number of amides is 3. The van der Waals surface area contributed by atoms with E-state index in [9.17, 15) is 4.79 Å². The lowest BCUT2D eigenvalue weighted by Gasteiger charge is -2.26. The molecule has 1 unspecified atom stereocenters. The summed E-state index contributed by atoms with van der Waals surface area (Å²) in [6.45, 7) is 10.1. The molecular weight excluding hydrogens is 534 g/mol. The molecule has 1 aromatic carbocycles. The summed E-state index contributed by atoms with van der Waals surface area (Å²) in [4.78, 5) is 33.5. The minimum atomic E-state index is -0.0757. The van der Waals surface area contributed by atoms with Crippen molar-refractivity contribution >= 4 is 51.9 Å². The number of primary amides is 2. The summed E-state index contributed by atoms with van der Waals surface area (Å²) in [5.41, 5.74) is 9.36. The van der Waals surface area contributed by atoms with Crippen molar-refractivity contribution in [1.29, 1.82) is 5.26 Å². The van der Waals surface area contributed by atoms with Crippen molar-refractivity contribution in [1.82, 2.24) is 10.3 Å². The van der Waals surface area contributed by atoms with E-state index in [4.69, 9.17) is 31.4 Å². The van der Waals surface area contributed by atoms with Gasteiger partial charge in [0.25, 0.3) is 0 Å². The fourth-order valence-electron chi connectivity index (χ4n) is 3.90. The summed E-state index contributed by atoms with van der Waals surface area (Å²) in [5, 5.41) is 12.2. The SMILES string of the molecule is C=CC(=O)NCC(CCc1nc2ccc(Cl)cc2s1)CC1CCCCC1.CC#N.CCCC.NC=O.NC=O. The molecule has 8 nitrogen and oxygen atoms in total. The summed E-state index contributed by atoms with van der Waals surface area (Å²) >= 11 is 7.81. The van der Waals surface area contributed by atoms with Gasteiger partial charge in [-0.1, -0.05) is 77.0 Å². The molecule has 0 bridgehead atoms. The van der Waals surface area contributed by atoms with Crippen molar-refractivity contribution in [2.24, 2.45) is 23.3 Å². The van der Waals surface area contributed by atoms with Crippen LogP contribution in [0, 0.1) is 23.2 Å². The largest absolute Gasteiger partial charge is 0.372 e. The van der Waals surface area contributed by atoms with E-state index < -0.39 is 0 Å². The Kier molecular flexibility index (Phi) is 26.1. The topological polar surface area (TPSA) is 152 Å². The van der Waals surface area contributed by atoms with Crippen molar-refractivity contribution < 1.29 is 14.4 Å². The van der Waals surface area contributed by atoms with Crippen LogP contribution in [0.3, 0.4) is 0 Å². The molecule has 1 heterocycles. The lowest BCUT2D eigenvalue weighted by Crippen LogP contribution is -2.29. The third-order valence-electron chi connectivity index (χ3n) is 5.80. The summed E-state index contributed by atoms with van der Waals surface area (Å²) < 4.78 is 1.15. The molecule has 10 heteroatoms. The second-order valence-corrected chi connectivity index (χ2v) is 10.4. The highest BCUT2D eigenvalue weighted by Crippen LogP contribution is 2.31. The van der Waals surface area contributed by atoms with Crippen LogP contribution in [-0.4, -0.2) is 30.3 Å². The second-order valence-electron chi connectivity index (χ2n) is 8.81. The van der Waals surface area contributed by atoms with E-state index in [1.165, 1.54) is 64.4 Å². The molecule has 0 radical (unpaired) electrons. The number of nitriles is 1. The number of hydrogen-bond acceptors (Lipinski definition) is 6. The van der Waals surface area contributed by atoms with Crippen molar-refractivity contribution in [2.45, 2.75) is 85.0 Å². The van der Waals surface area contributed by atoms with Gasteiger partial charge in [0.05, 0.1) is 21.3 Å². The Bertz CT molecular complexity index is 963. The van der Waals surface area contributed by atoms with E-state index in [2.05, 4.69) is 37.2 Å². The van der Waals surface area contributed by atoms with Gasteiger partial charge in [0, 0.05) is 18.5 Å². The molecule has 2 aromatic rings. The van der Waals surface area contributed by atoms with Gasteiger partial charge < -0.3 is 16.8 Å². The maximum atomic E-state index is 11.6. The van der Waals surface area contributed by atoms with Crippen LogP contribution in [0.4, 0.5) is 0 Å². The Morgan fingerprint density at radius 3 is 2.31 bits per heavy atom. The molecule has 0 saturated heterocycles. The molecule has 0 spiro atoms. The van der Waals surface area contributed by atoms with Gasteiger partial charge in [-0.05, 0) is 55.4 Å². The molecule has 1 aliphatic carbocycles. The van der Waals surface area contributed by atoms with Gasteiger partial charge in [0.1, 0.15) is 0 Å². The number of halogens is 1. The number of nitrogens with two attached hydrogens (primary N) is 2. The minimum Gasteiger partial charge on any atom is -0.372 e. The molecule has 1 fully saturated rings. The van der Waals surface area contributed by atoms with Gasteiger partial charge in [-0.25, -0.2) is 4.98 Å². The number of aryl methyl sites for hydroxylation is 1. The first-order chi connectivity index (χ1) is 18.8. The van der Waals surface area contributed by atoms with Gasteiger partial charge >= 0.3 is 0 Å². The van der Waals surface area contributed by atoms with Crippen LogP contribution in [0.2, 0.25) is 5.02 Å². The predicted molar refractivity (Wildman–Crippen MR) is 163 cm³/mol. The summed E-state index contributed by atoms with van der Waals surface area (Å²) in [6.07, 6.45) is 14.5. The molecule has 3 rings (SSSR count). The fourth-order valence-corrected chi connectivity index (χ4v) is 5.15. The first-order valence-electron chi connectivity index (χ1n) is 13.4. The Morgan fingerprint density at radius 1 is 1.23 bits per heavy atom. The number of carbonyl (C=O) groups is 3. The Hall–Kier alpha value is -2.96. The zero-order chi connectivity index (χ0) is 29.9. The number of hydrogen-bond donors (Lipinski definition) is 3. The number of aromatic nitrogens is 1. The van der Waals surface area contributed by atoms with Crippen LogP contribution in [0.15, 0.2) is 30.9 Å². The number of thiazole rings is 1. The number of fused-ring (bicyclic) bond motifs is 1. The first-order valence-corrected chi connectivity index (χ1v) is 14.6. The molecule has 3 amide bonds. The van der Waals surface area contributed by atoms with Crippen molar-refractivity contribution in [3.05, 3.63) is 40.9 Å². The molecule has 1 atom stereocenters. The molecule has 218 valence electrons. The quantitative estimate of drug-likeness (QED) is 0.235. The average Bonchev–Trinajstić information content (AvgIpc) is 3.34. The molecule has 39 heavy (non-hydrogen) atoms. The van der Waals surface area contributed by atoms with Crippen molar-refractivity contribution in [2.75, 3.05) is 6.54 Å². The monoisotopic (exact) mass is 579 g/mol. The van der Waals surface area contributed by atoms with Gasteiger partial charge in [-0.2, -0.15) is 5.26 Å². The molecule has 1 aromatic heterocycles. The second kappa shape index (κ2) is 26.6. The number of carbonyl (C=O) groups excluding carboxylic acids is 3. The number of nitrogens with one attached hydrogen (secondary N) is 1. The zero-order valence-electron chi connectivity index (χ0n) is 23.7. The van der Waals surface area contributed by atoms with Crippen LogP contribution >= 0.6 is 22.9 Å². The highest BCUT2D eigenvalue weighted by Gasteiger charge is 2.20. The molecule has 0 aliphatic heterocycles. The first kappa shape index (κ1) is 38.2. The normalized spacial score (nSPS) is 12.6. The Balaban J connectivity index is 0. The fraction of sp³-hybridized carbons (Fsp3) is 0.552. The summed E-state index contributed by atoms with van der Waals surface area (Å²) in [7, 11) is 0. The predicted octanol–water partition coefficient (Wildman–Crippen LogP) is 6.31. The van der Waals surface area contributed by atoms with Crippen LogP contribution in [-0.2, 0) is 20.8 Å². The van der Waals surface area contributed by atoms with Gasteiger partial charge in [0.15, 0.2) is 0 Å².